The monoisotopic (exact) mass is 316 g/mol. The molecule has 0 spiro atoms. The highest BCUT2D eigenvalue weighted by Gasteiger charge is 2.13. The number of carbonyl (C=O) groups is 1. The maximum absolute atomic E-state index is 12.2. The summed E-state index contributed by atoms with van der Waals surface area (Å²) in [5, 5.41) is 1.25. The number of ether oxygens (including phenoxy) is 2. The average molecular weight is 317 g/mol. The number of H-pyrrole nitrogens is 1. The highest BCUT2D eigenvalue weighted by Crippen LogP contribution is 2.25. The number of hydrogen-bond donors (Lipinski definition) is 1. The maximum atomic E-state index is 12.2. The van der Waals surface area contributed by atoms with Gasteiger partial charge < -0.3 is 14.5 Å². The molecule has 1 aromatic carbocycles. The summed E-state index contributed by atoms with van der Waals surface area (Å²) in [7, 11) is 1.54. The van der Waals surface area contributed by atoms with Gasteiger partial charge in [0.25, 0.3) is 0 Å². The van der Waals surface area contributed by atoms with E-state index in [2.05, 4.69) is 9.97 Å². The third-order valence-corrected chi connectivity index (χ3v) is 3.58. The van der Waals surface area contributed by atoms with E-state index < -0.39 is 5.97 Å². The van der Waals surface area contributed by atoms with E-state index >= 15 is 0 Å². The third kappa shape index (κ3) is 2.76. The topological polar surface area (TPSA) is 64.2 Å². The molecule has 2 heterocycles. The predicted octanol–water partition coefficient (Wildman–Crippen LogP) is 3.58. The van der Waals surface area contributed by atoms with Gasteiger partial charge >= 0.3 is 5.97 Å². The summed E-state index contributed by atoms with van der Waals surface area (Å²) in [5.74, 6) is 0.146. The fourth-order valence-corrected chi connectivity index (χ4v) is 2.35. The van der Waals surface area contributed by atoms with Crippen molar-refractivity contribution in [1.29, 1.82) is 0 Å². The van der Waals surface area contributed by atoms with Crippen molar-refractivity contribution in [3.8, 4) is 5.75 Å². The Kier molecular flexibility index (Phi) is 3.98. The molecule has 5 nitrogen and oxygen atoms in total. The molecule has 0 saturated heterocycles. The van der Waals surface area contributed by atoms with Crippen LogP contribution in [0.3, 0.4) is 0 Å². The Morgan fingerprint density at radius 3 is 3.00 bits per heavy atom. The lowest BCUT2D eigenvalue weighted by atomic mass is 10.2. The van der Waals surface area contributed by atoms with Crippen molar-refractivity contribution in [2.75, 3.05) is 7.11 Å². The lowest BCUT2D eigenvalue weighted by molar-refractivity contribution is 0.0474. The van der Waals surface area contributed by atoms with Gasteiger partial charge in [-0.3, -0.25) is 0 Å². The van der Waals surface area contributed by atoms with Crippen molar-refractivity contribution in [1.82, 2.24) is 9.97 Å². The van der Waals surface area contributed by atoms with Crippen LogP contribution in [0.15, 0.2) is 42.7 Å². The van der Waals surface area contributed by atoms with E-state index in [1.807, 2.05) is 0 Å². The fraction of sp³-hybridized carbons (Fsp3) is 0.125. The van der Waals surface area contributed by atoms with Crippen LogP contribution >= 0.6 is 11.6 Å². The fourth-order valence-electron chi connectivity index (χ4n) is 2.16. The second-order valence-corrected chi connectivity index (χ2v) is 5.05. The van der Waals surface area contributed by atoms with Crippen LogP contribution in [0.1, 0.15) is 15.9 Å². The maximum Gasteiger partial charge on any atom is 0.339 e. The van der Waals surface area contributed by atoms with Gasteiger partial charge in [-0.25, -0.2) is 9.78 Å². The Morgan fingerprint density at radius 1 is 1.32 bits per heavy atom. The molecule has 0 aliphatic carbocycles. The van der Waals surface area contributed by atoms with Gasteiger partial charge in [0.2, 0.25) is 0 Å². The summed E-state index contributed by atoms with van der Waals surface area (Å²) >= 11 is 5.96. The van der Waals surface area contributed by atoms with E-state index in [1.54, 1.807) is 42.7 Å². The Balaban J connectivity index is 1.76. The highest BCUT2D eigenvalue weighted by molar-refractivity contribution is 6.32. The molecule has 0 radical (unpaired) electrons. The van der Waals surface area contributed by atoms with Crippen LogP contribution in [0.2, 0.25) is 5.02 Å². The van der Waals surface area contributed by atoms with E-state index in [0.29, 0.717) is 22.0 Å². The van der Waals surface area contributed by atoms with Gasteiger partial charge in [-0.2, -0.15) is 0 Å². The summed E-state index contributed by atoms with van der Waals surface area (Å²) < 4.78 is 10.5. The average Bonchev–Trinajstić information content (AvgIpc) is 3.02. The number of nitrogens with zero attached hydrogens (tertiary/aromatic N) is 1. The number of carbonyl (C=O) groups excluding carboxylic acids is 1. The standard InChI is InChI=1S/C16H13ClN2O3/c1-21-14-8-10(2-3-13(14)17)9-22-16(20)12-5-7-19-15-11(12)4-6-18-15/h2-8H,9H2,1H3,(H,18,19). The number of pyridine rings is 1. The Labute approximate surface area is 131 Å². The Hall–Kier alpha value is -2.53. The molecule has 3 rings (SSSR count). The second kappa shape index (κ2) is 6.07. The van der Waals surface area contributed by atoms with Gasteiger partial charge in [-0.1, -0.05) is 17.7 Å². The first-order chi connectivity index (χ1) is 10.7. The number of benzene rings is 1. The summed E-state index contributed by atoms with van der Waals surface area (Å²) in [6.45, 7) is 0.139. The molecule has 6 heteroatoms. The summed E-state index contributed by atoms with van der Waals surface area (Å²) in [4.78, 5) is 19.3. The molecule has 2 aromatic heterocycles. The van der Waals surface area contributed by atoms with Crippen LogP contribution in [-0.4, -0.2) is 23.0 Å². The van der Waals surface area contributed by atoms with Crippen LogP contribution in [0.5, 0.6) is 5.75 Å². The minimum absolute atomic E-state index is 0.139. The SMILES string of the molecule is COc1cc(COC(=O)c2ccnc3[nH]ccc23)ccc1Cl. The van der Waals surface area contributed by atoms with Gasteiger partial charge in [0.15, 0.2) is 0 Å². The summed E-state index contributed by atoms with van der Waals surface area (Å²) in [6, 6.07) is 8.68. The molecule has 0 aliphatic rings. The van der Waals surface area contributed by atoms with Gasteiger partial charge in [-0.05, 0) is 29.8 Å². The van der Waals surface area contributed by atoms with Crippen LogP contribution < -0.4 is 4.74 Å². The van der Waals surface area contributed by atoms with E-state index in [1.165, 1.54) is 7.11 Å². The van der Waals surface area contributed by atoms with Gasteiger partial charge in [0.05, 0.1) is 17.7 Å². The number of hydrogen-bond acceptors (Lipinski definition) is 4. The number of aromatic amines is 1. The Morgan fingerprint density at radius 2 is 2.18 bits per heavy atom. The molecule has 0 aliphatic heterocycles. The number of halogens is 1. The van der Waals surface area contributed by atoms with E-state index in [9.17, 15) is 4.79 Å². The number of methoxy groups -OCH3 is 1. The lowest BCUT2D eigenvalue weighted by Crippen LogP contribution is -2.06. The van der Waals surface area contributed by atoms with Crippen LogP contribution in [-0.2, 0) is 11.3 Å². The van der Waals surface area contributed by atoms with E-state index in [-0.39, 0.29) is 6.61 Å². The van der Waals surface area contributed by atoms with Gasteiger partial charge in [0.1, 0.15) is 18.0 Å². The number of fused-ring (bicyclic) bond motifs is 1. The number of nitrogens with one attached hydrogen (secondary N) is 1. The molecule has 0 amide bonds. The normalized spacial score (nSPS) is 10.6. The number of aromatic nitrogens is 2. The van der Waals surface area contributed by atoms with Gasteiger partial charge in [-0.15, -0.1) is 0 Å². The highest BCUT2D eigenvalue weighted by atomic mass is 35.5. The molecule has 3 aromatic rings. The first-order valence-corrected chi connectivity index (χ1v) is 6.98. The van der Waals surface area contributed by atoms with Crippen molar-refractivity contribution in [3.05, 3.63) is 58.9 Å². The third-order valence-electron chi connectivity index (χ3n) is 3.27. The minimum atomic E-state index is -0.402. The van der Waals surface area contributed by atoms with E-state index in [0.717, 1.165) is 10.9 Å². The summed E-state index contributed by atoms with van der Waals surface area (Å²) in [6.07, 6.45) is 3.30. The molecule has 0 bridgehead atoms. The number of esters is 1. The zero-order chi connectivity index (χ0) is 15.5. The minimum Gasteiger partial charge on any atom is -0.495 e. The Bertz CT molecular complexity index is 829. The number of rotatable bonds is 4. The van der Waals surface area contributed by atoms with Crippen LogP contribution in [0.25, 0.3) is 11.0 Å². The lowest BCUT2D eigenvalue weighted by Gasteiger charge is -2.08. The molecule has 1 N–H and O–H groups in total. The van der Waals surface area contributed by atoms with Crippen molar-refractivity contribution < 1.29 is 14.3 Å². The van der Waals surface area contributed by atoms with Crippen LogP contribution in [0.4, 0.5) is 0 Å². The predicted molar refractivity (Wildman–Crippen MR) is 83.2 cm³/mol. The zero-order valence-electron chi connectivity index (χ0n) is 11.8. The quantitative estimate of drug-likeness (QED) is 0.747. The molecule has 22 heavy (non-hydrogen) atoms. The molecule has 0 unspecified atom stereocenters. The first kappa shape index (κ1) is 14.4. The van der Waals surface area contributed by atoms with Crippen molar-refractivity contribution >= 4 is 28.6 Å². The van der Waals surface area contributed by atoms with Crippen LogP contribution in [0, 0.1) is 0 Å². The zero-order valence-corrected chi connectivity index (χ0v) is 12.6. The molecule has 0 fully saturated rings. The van der Waals surface area contributed by atoms with Gasteiger partial charge in [0, 0.05) is 17.8 Å². The first-order valence-electron chi connectivity index (χ1n) is 6.60. The largest absolute Gasteiger partial charge is 0.495 e. The van der Waals surface area contributed by atoms with Crippen molar-refractivity contribution in [2.24, 2.45) is 0 Å². The molecular weight excluding hydrogens is 304 g/mol. The molecular formula is C16H13ClN2O3. The summed E-state index contributed by atoms with van der Waals surface area (Å²) in [5.41, 5.74) is 1.93. The second-order valence-electron chi connectivity index (χ2n) is 4.64. The van der Waals surface area contributed by atoms with Crippen molar-refractivity contribution in [2.45, 2.75) is 6.61 Å². The van der Waals surface area contributed by atoms with E-state index in [4.69, 9.17) is 21.1 Å². The molecule has 112 valence electrons. The smallest absolute Gasteiger partial charge is 0.339 e. The molecule has 0 saturated carbocycles. The molecule has 0 atom stereocenters. The van der Waals surface area contributed by atoms with Crippen molar-refractivity contribution in [3.63, 3.8) is 0 Å².